The van der Waals surface area contributed by atoms with Crippen LogP contribution in [0, 0.1) is 6.92 Å². The number of nitrogens with one attached hydrogen (secondary N) is 2. The van der Waals surface area contributed by atoms with Crippen molar-refractivity contribution in [3.05, 3.63) is 47.9 Å². The summed E-state index contributed by atoms with van der Waals surface area (Å²) >= 11 is 0. The molecule has 1 aromatic heterocycles. The van der Waals surface area contributed by atoms with E-state index in [2.05, 4.69) is 10.6 Å². The Morgan fingerprint density at radius 2 is 2.12 bits per heavy atom. The van der Waals surface area contributed by atoms with E-state index in [0.717, 1.165) is 10.5 Å². The van der Waals surface area contributed by atoms with Gasteiger partial charge in [-0.1, -0.05) is 6.07 Å². The Morgan fingerprint density at radius 1 is 1.35 bits per heavy atom. The number of anilines is 1. The maximum Gasteiger partial charge on any atom is 0.325 e. The number of benzene rings is 1. The number of urea groups is 1. The molecule has 1 atom stereocenters. The molecular weight excluding hydrogens is 338 g/mol. The van der Waals surface area contributed by atoms with Gasteiger partial charge in [-0.05, 0) is 43.7 Å². The van der Waals surface area contributed by atoms with Gasteiger partial charge in [0.1, 0.15) is 18.1 Å². The molecule has 0 bridgehead atoms. The molecule has 1 aliphatic rings. The lowest BCUT2D eigenvalue weighted by atomic mass is 9.99. The smallest absolute Gasteiger partial charge is 0.325 e. The van der Waals surface area contributed by atoms with Crippen LogP contribution in [-0.4, -0.2) is 36.4 Å². The van der Waals surface area contributed by atoms with Crippen molar-refractivity contribution < 1.29 is 23.5 Å². The van der Waals surface area contributed by atoms with E-state index in [0.29, 0.717) is 17.2 Å². The minimum Gasteiger partial charge on any atom is -0.495 e. The van der Waals surface area contributed by atoms with Crippen molar-refractivity contribution in [3.63, 3.8) is 0 Å². The van der Waals surface area contributed by atoms with E-state index in [4.69, 9.17) is 9.15 Å². The number of carbonyl (C=O) groups is 3. The average molecular weight is 357 g/mol. The number of imide groups is 1. The van der Waals surface area contributed by atoms with Crippen LogP contribution in [0.25, 0.3) is 0 Å². The summed E-state index contributed by atoms with van der Waals surface area (Å²) in [5, 5.41) is 5.24. The van der Waals surface area contributed by atoms with Crippen LogP contribution in [0.1, 0.15) is 18.2 Å². The highest BCUT2D eigenvalue weighted by Gasteiger charge is 2.51. The third kappa shape index (κ3) is 3.01. The molecule has 2 aromatic rings. The van der Waals surface area contributed by atoms with E-state index in [9.17, 15) is 14.4 Å². The summed E-state index contributed by atoms with van der Waals surface area (Å²) < 4.78 is 10.5. The fourth-order valence-electron chi connectivity index (χ4n) is 2.82. The largest absolute Gasteiger partial charge is 0.495 e. The molecule has 1 saturated heterocycles. The van der Waals surface area contributed by atoms with E-state index in [1.807, 2.05) is 13.0 Å². The van der Waals surface area contributed by atoms with Gasteiger partial charge >= 0.3 is 6.03 Å². The molecular formula is C18H19N3O5. The quantitative estimate of drug-likeness (QED) is 0.797. The molecule has 4 amide bonds. The van der Waals surface area contributed by atoms with Crippen molar-refractivity contribution in [2.75, 3.05) is 19.0 Å². The van der Waals surface area contributed by atoms with E-state index in [-0.39, 0.29) is 0 Å². The molecule has 8 heteroatoms. The zero-order valence-corrected chi connectivity index (χ0v) is 14.7. The van der Waals surface area contributed by atoms with Crippen molar-refractivity contribution in [3.8, 4) is 5.75 Å². The van der Waals surface area contributed by atoms with Crippen LogP contribution in [0.4, 0.5) is 10.5 Å². The summed E-state index contributed by atoms with van der Waals surface area (Å²) in [6, 6.07) is 7.89. The fraction of sp³-hybridized carbons (Fsp3) is 0.278. The number of aryl methyl sites for hydroxylation is 1. The van der Waals surface area contributed by atoms with Crippen molar-refractivity contribution in [1.29, 1.82) is 0 Å². The first-order valence-corrected chi connectivity index (χ1v) is 7.97. The Morgan fingerprint density at radius 3 is 2.77 bits per heavy atom. The van der Waals surface area contributed by atoms with Gasteiger partial charge in [0.05, 0.1) is 19.1 Å². The second kappa shape index (κ2) is 6.55. The predicted octanol–water partition coefficient (Wildman–Crippen LogP) is 2.00. The van der Waals surface area contributed by atoms with Crippen LogP contribution in [0.3, 0.4) is 0 Å². The van der Waals surface area contributed by atoms with Crippen LogP contribution in [0.15, 0.2) is 41.0 Å². The zero-order valence-electron chi connectivity index (χ0n) is 14.7. The molecule has 1 fully saturated rings. The highest BCUT2D eigenvalue weighted by atomic mass is 16.5. The molecule has 26 heavy (non-hydrogen) atoms. The Kier molecular flexibility index (Phi) is 4.41. The highest BCUT2D eigenvalue weighted by Crippen LogP contribution is 2.29. The van der Waals surface area contributed by atoms with E-state index >= 15 is 0 Å². The molecule has 2 heterocycles. The van der Waals surface area contributed by atoms with E-state index in [1.165, 1.54) is 20.3 Å². The molecule has 8 nitrogen and oxygen atoms in total. The SMILES string of the molecule is COc1ccc(C)cc1NC(=O)CN1C(=O)NC(C)(c2ccco2)C1=O. The zero-order chi connectivity index (χ0) is 18.9. The summed E-state index contributed by atoms with van der Waals surface area (Å²) in [4.78, 5) is 38.1. The van der Waals surface area contributed by atoms with Gasteiger partial charge in [-0.25, -0.2) is 4.79 Å². The first-order chi connectivity index (χ1) is 12.3. The number of nitrogens with zero attached hydrogens (tertiary/aromatic N) is 1. The molecule has 136 valence electrons. The van der Waals surface area contributed by atoms with Gasteiger partial charge in [0, 0.05) is 0 Å². The molecule has 1 unspecified atom stereocenters. The minimum absolute atomic E-state index is 0.305. The number of methoxy groups -OCH3 is 1. The summed E-state index contributed by atoms with van der Waals surface area (Å²) in [5.74, 6) is -0.273. The molecule has 1 aliphatic heterocycles. The Bertz CT molecular complexity index is 862. The van der Waals surface area contributed by atoms with E-state index in [1.54, 1.807) is 24.3 Å². The third-order valence-electron chi connectivity index (χ3n) is 4.22. The van der Waals surface area contributed by atoms with Gasteiger partial charge in [-0.3, -0.25) is 14.5 Å². The van der Waals surface area contributed by atoms with Crippen molar-refractivity contribution in [2.24, 2.45) is 0 Å². The van der Waals surface area contributed by atoms with E-state index < -0.39 is 29.9 Å². The topological polar surface area (TPSA) is 101 Å². The average Bonchev–Trinajstić information content (AvgIpc) is 3.20. The first-order valence-electron chi connectivity index (χ1n) is 7.97. The first kappa shape index (κ1) is 17.5. The molecule has 0 radical (unpaired) electrons. The highest BCUT2D eigenvalue weighted by molar-refractivity contribution is 6.10. The summed E-state index contributed by atoms with van der Waals surface area (Å²) in [5.41, 5.74) is 0.0712. The maximum atomic E-state index is 12.7. The Balaban J connectivity index is 1.75. The lowest BCUT2D eigenvalue weighted by Gasteiger charge is -2.19. The number of furan rings is 1. The molecule has 0 aliphatic carbocycles. The minimum atomic E-state index is -1.33. The van der Waals surface area contributed by atoms with Crippen molar-refractivity contribution in [2.45, 2.75) is 19.4 Å². The van der Waals surface area contributed by atoms with Crippen LogP contribution in [0.2, 0.25) is 0 Å². The normalized spacial score (nSPS) is 19.4. The van der Waals surface area contributed by atoms with Crippen LogP contribution in [0.5, 0.6) is 5.75 Å². The van der Waals surface area contributed by atoms with Gasteiger partial charge in [-0.2, -0.15) is 0 Å². The lowest BCUT2D eigenvalue weighted by Crippen LogP contribution is -2.41. The molecule has 3 rings (SSSR count). The Hall–Kier alpha value is -3.29. The molecule has 1 aromatic carbocycles. The fourth-order valence-corrected chi connectivity index (χ4v) is 2.82. The van der Waals surface area contributed by atoms with Gasteiger partial charge in [0.2, 0.25) is 5.91 Å². The second-order valence-electron chi connectivity index (χ2n) is 6.18. The second-order valence-corrected chi connectivity index (χ2v) is 6.18. The number of carbonyl (C=O) groups excluding carboxylic acids is 3. The molecule has 2 N–H and O–H groups in total. The monoisotopic (exact) mass is 357 g/mol. The van der Waals surface area contributed by atoms with Gasteiger partial charge in [-0.15, -0.1) is 0 Å². The maximum absolute atomic E-state index is 12.7. The van der Waals surface area contributed by atoms with Crippen LogP contribution < -0.4 is 15.4 Å². The summed E-state index contributed by atoms with van der Waals surface area (Å²) in [6.45, 7) is 2.99. The number of hydrogen-bond acceptors (Lipinski definition) is 5. The van der Waals surface area contributed by atoms with Gasteiger partial charge < -0.3 is 19.8 Å². The summed E-state index contributed by atoms with van der Waals surface area (Å²) in [7, 11) is 1.49. The van der Waals surface area contributed by atoms with Crippen molar-refractivity contribution >= 4 is 23.5 Å². The standard InChI is InChI=1S/C18H19N3O5/c1-11-6-7-13(25-3)12(9-11)19-15(22)10-21-16(23)18(2,20-17(21)24)14-5-4-8-26-14/h4-9H,10H2,1-3H3,(H,19,22)(H,20,24). The van der Waals surface area contributed by atoms with Crippen molar-refractivity contribution in [1.82, 2.24) is 10.2 Å². The predicted molar refractivity (Wildman–Crippen MR) is 92.7 cm³/mol. The van der Waals surface area contributed by atoms with Crippen LogP contribution >= 0.6 is 0 Å². The molecule has 0 spiro atoms. The van der Waals surface area contributed by atoms with Crippen LogP contribution in [-0.2, 0) is 15.1 Å². The van der Waals surface area contributed by atoms with Gasteiger partial charge in [0.25, 0.3) is 5.91 Å². The Labute approximate surface area is 150 Å². The summed E-state index contributed by atoms with van der Waals surface area (Å²) in [6.07, 6.45) is 1.42. The third-order valence-corrected chi connectivity index (χ3v) is 4.22. The lowest BCUT2D eigenvalue weighted by molar-refractivity contribution is -0.134. The number of rotatable bonds is 5. The number of hydrogen-bond donors (Lipinski definition) is 2. The molecule has 0 saturated carbocycles. The number of ether oxygens (including phenoxy) is 1. The number of amides is 4. The van der Waals surface area contributed by atoms with Gasteiger partial charge in [0.15, 0.2) is 5.54 Å².